The van der Waals surface area contributed by atoms with E-state index in [1.165, 1.54) is 6.07 Å². The second kappa shape index (κ2) is 8.82. The predicted molar refractivity (Wildman–Crippen MR) is 76.2 cm³/mol. The first-order valence-electron chi connectivity index (χ1n) is 5.82. The maximum absolute atomic E-state index is 13.2. The molecule has 0 aromatic heterocycles. The Morgan fingerprint density at radius 1 is 1.42 bits per heavy atom. The van der Waals surface area contributed by atoms with Gasteiger partial charge in [-0.1, -0.05) is 13.8 Å². The number of nitro groups is 1. The fourth-order valence-corrected chi connectivity index (χ4v) is 1.44. The average molecular weight is 337 g/mol. The Labute approximate surface area is 120 Å². The molecule has 0 aliphatic rings. The Hall–Kier alpha value is -1.21. The van der Waals surface area contributed by atoms with Gasteiger partial charge in [0.25, 0.3) is 0 Å². The fraction of sp³-hybridized carbons (Fsp3) is 0.500. The van der Waals surface area contributed by atoms with Gasteiger partial charge in [0.05, 0.1) is 15.5 Å². The molecule has 0 aliphatic heterocycles. The fourth-order valence-electron chi connectivity index (χ4n) is 1.11. The van der Waals surface area contributed by atoms with Crippen molar-refractivity contribution in [1.29, 1.82) is 0 Å². The lowest BCUT2D eigenvalue weighted by Gasteiger charge is -2.11. The highest BCUT2D eigenvalue weighted by atomic mass is 79.9. The van der Waals surface area contributed by atoms with Crippen molar-refractivity contribution in [3.8, 4) is 5.75 Å². The van der Waals surface area contributed by atoms with E-state index in [9.17, 15) is 14.5 Å². The van der Waals surface area contributed by atoms with Gasteiger partial charge < -0.3 is 9.64 Å². The Kier molecular flexibility index (Phi) is 8.26. The van der Waals surface area contributed by atoms with E-state index in [0.29, 0.717) is 13.2 Å². The number of hydrogen-bond donors (Lipinski definition) is 0. The number of likely N-dealkylation sites (N-methyl/N-ethyl adjacent to an activating group) is 1. The quantitative estimate of drug-likeness (QED) is 0.610. The van der Waals surface area contributed by atoms with Gasteiger partial charge in [0.2, 0.25) is 0 Å². The number of hydrogen-bond acceptors (Lipinski definition) is 4. The summed E-state index contributed by atoms with van der Waals surface area (Å²) in [7, 11) is 3.72. The van der Waals surface area contributed by atoms with Crippen LogP contribution in [0.3, 0.4) is 0 Å². The maximum Gasteiger partial charge on any atom is 0.313 e. The molecular weight excluding hydrogens is 319 g/mol. The first kappa shape index (κ1) is 17.8. The Balaban J connectivity index is 0.00000154. The summed E-state index contributed by atoms with van der Waals surface area (Å²) in [5.74, 6) is -0.623. The second-order valence-corrected chi connectivity index (χ2v) is 4.50. The van der Waals surface area contributed by atoms with Gasteiger partial charge in [-0.2, -0.15) is 0 Å². The molecule has 0 radical (unpaired) electrons. The van der Waals surface area contributed by atoms with Gasteiger partial charge in [0, 0.05) is 12.6 Å². The molecule has 0 N–H and O–H groups in total. The summed E-state index contributed by atoms with van der Waals surface area (Å²) in [5.41, 5.74) is -0.371. The summed E-state index contributed by atoms with van der Waals surface area (Å²) in [5, 5.41) is 10.7. The SMILES string of the molecule is CC.CN(C)CCOc1cc(Br)c(F)cc1[N+](=O)[O-]. The van der Waals surface area contributed by atoms with E-state index >= 15 is 0 Å². The lowest BCUT2D eigenvalue weighted by Crippen LogP contribution is -2.19. The van der Waals surface area contributed by atoms with Crippen molar-refractivity contribution in [1.82, 2.24) is 4.90 Å². The zero-order chi connectivity index (χ0) is 15.0. The van der Waals surface area contributed by atoms with Crippen LogP contribution in [0.25, 0.3) is 0 Å². The highest BCUT2D eigenvalue weighted by Crippen LogP contribution is 2.32. The lowest BCUT2D eigenvalue weighted by atomic mass is 10.3. The van der Waals surface area contributed by atoms with Crippen molar-refractivity contribution in [2.45, 2.75) is 13.8 Å². The van der Waals surface area contributed by atoms with Crippen LogP contribution in [0.4, 0.5) is 10.1 Å². The van der Waals surface area contributed by atoms with Crippen LogP contribution in [0, 0.1) is 15.9 Å². The normalized spacial score (nSPS) is 9.84. The highest BCUT2D eigenvalue weighted by Gasteiger charge is 2.18. The summed E-state index contributed by atoms with van der Waals surface area (Å²) >= 11 is 2.96. The molecule has 7 heteroatoms. The molecule has 5 nitrogen and oxygen atoms in total. The molecule has 1 aromatic rings. The number of benzene rings is 1. The number of nitro benzene ring substituents is 1. The molecule has 19 heavy (non-hydrogen) atoms. The molecule has 0 amide bonds. The molecule has 0 unspecified atom stereocenters. The molecular formula is C12H18BrFN2O3. The summed E-state index contributed by atoms with van der Waals surface area (Å²) in [6.45, 7) is 4.91. The molecule has 0 spiro atoms. The van der Waals surface area contributed by atoms with E-state index in [4.69, 9.17) is 4.74 Å². The van der Waals surface area contributed by atoms with Crippen LogP contribution in [-0.2, 0) is 0 Å². The molecule has 0 bridgehead atoms. The average Bonchev–Trinajstić information content (AvgIpc) is 2.35. The van der Waals surface area contributed by atoms with Crippen molar-refractivity contribution in [2.75, 3.05) is 27.2 Å². The summed E-state index contributed by atoms with van der Waals surface area (Å²) in [4.78, 5) is 11.9. The minimum atomic E-state index is -0.684. The molecule has 108 valence electrons. The minimum Gasteiger partial charge on any atom is -0.485 e. The number of halogens is 2. The summed E-state index contributed by atoms with van der Waals surface area (Å²) < 4.78 is 18.6. The van der Waals surface area contributed by atoms with Gasteiger partial charge in [-0.15, -0.1) is 0 Å². The topological polar surface area (TPSA) is 55.6 Å². The zero-order valence-electron chi connectivity index (χ0n) is 11.4. The highest BCUT2D eigenvalue weighted by molar-refractivity contribution is 9.10. The summed E-state index contributed by atoms with van der Waals surface area (Å²) in [6, 6.07) is 2.11. The third-order valence-electron chi connectivity index (χ3n) is 1.99. The van der Waals surface area contributed by atoms with Crippen molar-refractivity contribution in [3.63, 3.8) is 0 Å². The van der Waals surface area contributed by atoms with E-state index < -0.39 is 10.7 Å². The molecule has 0 heterocycles. The molecule has 0 atom stereocenters. The zero-order valence-corrected chi connectivity index (χ0v) is 13.0. The number of ether oxygens (including phenoxy) is 1. The number of nitrogens with zero attached hydrogens (tertiary/aromatic N) is 2. The molecule has 1 rings (SSSR count). The maximum atomic E-state index is 13.2. The van der Waals surface area contributed by atoms with Gasteiger partial charge in [-0.3, -0.25) is 10.1 Å². The van der Waals surface area contributed by atoms with E-state index in [0.717, 1.165) is 6.07 Å². The third kappa shape index (κ3) is 5.98. The van der Waals surface area contributed by atoms with Crippen LogP contribution in [0.1, 0.15) is 13.8 Å². The molecule has 1 aromatic carbocycles. The summed E-state index contributed by atoms with van der Waals surface area (Å²) in [6.07, 6.45) is 0. The number of rotatable bonds is 5. The predicted octanol–water partition coefficient (Wildman–Crippen LogP) is 3.46. The van der Waals surface area contributed by atoms with Crippen LogP contribution in [0.2, 0.25) is 0 Å². The van der Waals surface area contributed by atoms with Crippen LogP contribution < -0.4 is 4.74 Å². The Morgan fingerprint density at radius 2 is 2.00 bits per heavy atom. The molecule has 0 fully saturated rings. The van der Waals surface area contributed by atoms with Crippen molar-refractivity contribution in [3.05, 3.63) is 32.5 Å². The van der Waals surface area contributed by atoms with Gasteiger partial charge in [-0.25, -0.2) is 4.39 Å². The van der Waals surface area contributed by atoms with Crippen molar-refractivity contribution < 1.29 is 14.1 Å². The van der Waals surface area contributed by atoms with E-state index in [1.807, 2.05) is 32.8 Å². The van der Waals surface area contributed by atoms with Gasteiger partial charge in [0.15, 0.2) is 5.75 Å². The first-order valence-corrected chi connectivity index (χ1v) is 6.62. The third-order valence-corrected chi connectivity index (χ3v) is 2.60. The van der Waals surface area contributed by atoms with Crippen molar-refractivity contribution in [2.24, 2.45) is 0 Å². The first-order chi connectivity index (χ1) is 8.91. The smallest absolute Gasteiger partial charge is 0.313 e. The molecule has 0 aliphatic carbocycles. The van der Waals surface area contributed by atoms with Crippen LogP contribution in [-0.4, -0.2) is 37.1 Å². The lowest BCUT2D eigenvalue weighted by molar-refractivity contribution is -0.386. The minimum absolute atomic E-state index is 0.0603. The van der Waals surface area contributed by atoms with Crippen LogP contribution in [0.5, 0.6) is 5.75 Å². The van der Waals surface area contributed by atoms with E-state index in [1.54, 1.807) is 0 Å². The van der Waals surface area contributed by atoms with Crippen LogP contribution in [0.15, 0.2) is 16.6 Å². The van der Waals surface area contributed by atoms with E-state index in [-0.39, 0.29) is 15.9 Å². The van der Waals surface area contributed by atoms with Gasteiger partial charge >= 0.3 is 5.69 Å². The monoisotopic (exact) mass is 336 g/mol. The second-order valence-electron chi connectivity index (χ2n) is 3.64. The van der Waals surface area contributed by atoms with Crippen LogP contribution >= 0.6 is 15.9 Å². The van der Waals surface area contributed by atoms with Gasteiger partial charge in [0.1, 0.15) is 12.4 Å². The van der Waals surface area contributed by atoms with Gasteiger partial charge in [-0.05, 0) is 30.0 Å². The Bertz CT molecular complexity index is 428. The van der Waals surface area contributed by atoms with E-state index in [2.05, 4.69) is 15.9 Å². The molecule has 0 saturated heterocycles. The molecule has 0 saturated carbocycles. The standard InChI is InChI=1S/C10H12BrFN2O3.C2H6/c1-13(2)3-4-17-10-5-7(11)8(12)6-9(10)14(15)16;1-2/h5-6H,3-4H2,1-2H3;1-2H3. The largest absolute Gasteiger partial charge is 0.485 e. The Morgan fingerprint density at radius 3 is 2.47 bits per heavy atom. The van der Waals surface area contributed by atoms with Crippen molar-refractivity contribution >= 4 is 21.6 Å².